The Morgan fingerprint density at radius 2 is 1.88 bits per heavy atom. The average molecular weight is 368 g/mol. The predicted octanol–water partition coefficient (Wildman–Crippen LogP) is 0.540. The first-order valence-corrected chi connectivity index (χ1v) is 10.2. The fraction of sp³-hybridized carbons (Fsp3) is 0.588. The molecule has 0 spiro atoms. The van der Waals surface area contributed by atoms with Crippen molar-refractivity contribution in [1.82, 2.24) is 10.2 Å². The number of benzene rings is 1. The third kappa shape index (κ3) is 4.43. The number of sulfone groups is 1. The summed E-state index contributed by atoms with van der Waals surface area (Å²) in [6.07, 6.45) is 0. The van der Waals surface area contributed by atoms with Crippen LogP contribution >= 0.6 is 0 Å². The molecular weight excluding hydrogens is 344 g/mol. The van der Waals surface area contributed by atoms with E-state index >= 15 is 0 Å². The van der Waals surface area contributed by atoms with Crippen molar-refractivity contribution in [1.29, 1.82) is 0 Å². The van der Waals surface area contributed by atoms with Gasteiger partial charge in [-0.25, -0.2) is 8.42 Å². The number of ether oxygens (including phenoxy) is 2. The molecule has 1 saturated heterocycles. The molecule has 1 N–H and O–H groups in total. The number of nitrogens with one attached hydrogen (secondary N) is 1. The first-order valence-electron chi connectivity index (χ1n) is 8.35. The third-order valence-electron chi connectivity index (χ3n) is 4.69. The maximum atomic E-state index is 12.2. The highest BCUT2D eigenvalue weighted by molar-refractivity contribution is 7.91. The van der Waals surface area contributed by atoms with Crippen LogP contribution in [0.1, 0.15) is 19.4 Å². The van der Waals surface area contributed by atoms with Crippen LogP contribution in [0.15, 0.2) is 18.2 Å². The molecule has 0 unspecified atom stereocenters. The van der Waals surface area contributed by atoms with E-state index in [1.54, 1.807) is 0 Å². The minimum atomic E-state index is -2.92. The zero-order valence-corrected chi connectivity index (χ0v) is 15.4. The number of rotatable bonds is 5. The van der Waals surface area contributed by atoms with Gasteiger partial charge in [0, 0.05) is 25.0 Å². The SMILES string of the molecule is CC(C)(CNC(=O)CN1CCS(=O)(=O)CC1)c1ccc2c(c1)OCO2. The molecule has 0 aromatic heterocycles. The standard InChI is InChI=1S/C17H24N2O5S/c1-17(2,13-3-4-14-15(9-13)24-12-23-14)11-18-16(20)10-19-5-7-25(21,22)8-6-19/h3-4,9H,5-8,10-12H2,1-2H3,(H,18,20). The first-order chi connectivity index (χ1) is 11.8. The third-order valence-corrected chi connectivity index (χ3v) is 6.29. The molecule has 138 valence electrons. The van der Waals surface area contributed by atoms with Gasteiger partial charge in [0.15, 0.2) is 21.3 Å². The van der Waals surface area contributed by atoms with Crippen LogP contribution in [0.3, 0.4) is 0 Å². The molecule has 0 bridgehead atoms. The van der Waals surface area contributed by atoms with E-state index in [1.165, 1.54) is 0 Å². The Balaban J connectivity index is 1.52. The van der Waals surface area contributed by atoms with Crippen molar-refractivity contribution < 1.29 is 22.7 Å². The molecule has 0 radical (unpaired) electrons. The van der Waals surface area contributed by atoms with E-state index in [0.29, 0.717) is 19.6 Å². The largest absolute Gasteiger partial charge is 0.454 e. The zero-order valence-electron chi connectivity index (χ0n) is 14.6. The normalized spacial score (nSPS) is 19.6. The summed E-state index contributed by atoms with van der Waals surface area (Å²) in [5.74, 6) is 1.63. The fourth-order valence-electron chi connectivity index (χ4n) is 2.91. The summed E-state index contributed by atoms with van der Waals surface area (Å²) in [6, 6.07) is 5.81. The van der Waals surface area contributed by atoms with E-state index in [2.05, 4.69) is 19.2 Å². The van der Waals surface area contributed by atoms with Crippen LogP contribution < -0.4 is 14.8 Å². The number of hydrogen-bond donors (Lipinski definition) is 1. The summed E-state index contributed by atoms with van der Waals surface area (Å²) in [4.78, 5) is 14.1. The maximum absolute atomic E-state index is 12.2. The summed E-state index contributed by atoms with van der Waals surface area (Å²) >= 11 is 0. The Kier molecular flexibility index (Phi) is 4.92. The average Bonchev–Trinajstić information content (AvgIpc) is 3.03. The molecule has 8 heteroatoms. The summed E-state index contributed by atoms with van der Waals surface area (Å²) in [5, 5.41) is 2.96. The molecule has 0 aliphatic carbocycles. The van der Waals surface area contributed by atoms with Gasteiger partial charge in [0.1, 0.15) is 0 Å². The molecule has 1 fully saturated rings. The lowest BCUT2D eigenvalue weighted by molar-refractivity contribution is -0.122. The molecule has 0 atom stereocenters. The summed E-state index contributed by atoms with van der Waals surface area (Å²) < 4.78 is 33.6. The van der Waals surface area contributed by atoms with Gasteiger partial charge in [0.25, 0.3) is 0 Å². The smallest absolute Gasteiger partial charge is 0.234 e. The molecule has 3 rings (SSSR count). The van der Waals surface area contributed by atoms with E-state index in [4.69, 9.17) is 9.47 Å². The van der Waals surface area contributed by atoms with Crippen LogP contribution in [0.4, 0.5) is 0 Å². The van der Waals surface area contributed by atoms with Gasteiger partial charge in [0.05, 0.1) is 18.1 Å². The van der Waals surface area contributed by atoms with Crippen molar-refractivity contribution in [2.45, 2.75) is 19.3 Å². The van der Waals surface area contributed by atoms with Gasteiger partial charge in [-0.3, -0.25) is 9.69 Å². The molecule has 2 aliphatic rings. The Bertz CT molecular complexity index is 746. The predicted molar refractivity (Wildman–Crippen MR) is 93.7 cm³/mol. The Labute approximate surface area is 148 Å². The number of hydrogen-bond acceptors (Lipinski definition) is 6. The summed E-state index contributed by atoms with van der Waals surface area (Å²) in [6.45, 7) is 5.89. The fourth-order valence-corrected chi connectivity index (χ4v) is 4.18. The van der Waals surface area contributed by atoms with Crippen LogP contribution in [0.5, 0.6) is 11.5 Å². The van der Waals surface area contributed by atoms with E-state index in [1.807, 2.05) is 23.1 Å². The molecule has 7 nitrogen and oxygen atoms in total. The van der Waals surface area contributed by atoms with Gasteiger partial charge in [0.2, 0.25) is 12.7 Å². The van der Waals surface area contributed by atoms with E-state index in [9.17, 15) is 13.2 Å². The van der Waals surface area contributed by atoms with Crippen LogP contribution in [0, 0.1) is 0 Å². The highest BCUT2D eigenvalue weighted by Gasteiger charge is 2.26. The van der Waals surface area contributed by atoms with Crippen molar-refractivity contribution in [2.75, 3.05) is 44.5 Å². The summed E-state index contributed by atoms with van der Waals surface area (Å²) in [7, 11) is -2.92. The van der Waals surface area contributed by atoms with Crippen LogP contribution in [0.25, 0.3) is 0 Å². The monoisotopic (exact) mass is 368 g/mol. The second-order valence-corrected chi connectivity index (χ2v) is 9.46. The number of amides is 1. The Morgan fingerprint density at radius 1 is 1.20 bits per heavy atom. The second-order valence-electron chi connectivity index (χ2n) is 7.16. The molecule has 1 aromatic rings. The van der Waals surface area contributed by atoms with Crippen molar-refractivity contribution in [2.24, 2.45) is 0 Å². The van der Waals surface area contributed by atoms with Gasteiger partial charge < -0.3 is 14.8 Å². The lowest BCUT2D eigenvalue weighted by Crippen LogP contribution is -2.47. The van der Waals surface area contributed by atoms with E-state index < -0.39 is 9.84 Å². The lowest BCUT2D eigenvalue weighted by Gasteiger charge is -2.28. The maximum Gasteiger partial charge on any atom is 0.234 e. The number of carbonyl (C=O) groups excluding carboxylic acids is 1. The first kappa shape index (κ1) is 18.0. The van der Waals surface area contributed by atoms with Crippen molar-refractivity contribution in [3.8, 4) is 11.5 Å². The Morgan fingerprint density at radius 3 is 2.60 bits per heavy atom. The van der Waals surface area contributed by atoms with Gasteiger partial charge in [-0.1, -0.05) is 19.9 Å². The molecule has 1 amide bonds. The van der Waals surface area contributed by atoms with Gasteiger partial charge in [-0.15, -0.1) is 0 Å². The molecule has 2 aliphatic heterocycles. The number of carbonyl (C=O) groups is 1. The molecule has 25 heavy (non-hydrogen) atoms. The second kappa shape index (κ2) is 6.84. The van der Waals surface area contributed by atoms with Crippen molar-refractivity contribution >= 4 is 15.7 Å². The summed E-state index contributed by atoms with van der Waals surface area (Å²) in [5.41, 5.74) is 0.795. The highest BCUT2D eigenvalue weighted by Crippen LogP contribution is 2.36. The van der Waals surface area contributed by atoms with Crippen LogP contribution in [0.2, 0.25) is 0 Å². The molecule has 2 heterocycles. The van der Waals surface area contributed by atoms with Crippen molar-refractivity contribution in [3.05, 3.63) is 23.8 Å². The topological polar surface area (TPSA) is 84.9 Å². The highest BCUT2D eigenvalue weighted by atomic mass is 32.2. The number of nitrogens with zero attached hydrogens (tertiary/aromatic N) is 1. The quantitative estimate of drug-likeness (QED) is 0.817. The molecular formula is C17H24N2O5S. The molecule has 0 saturated carbocycles. The Hall–Kier alpha value is -1.80. The number of fused-ring (bicyclic) bond motifs is 1. The van der Waals surface area contributed by atoms with Crippen LogP contribution in [-0.2, 0) is 20.0 Å². The van der Waals surface area contributed by atoms with E-state index in [-0.39, 0.29) is 36.2 Å². The van der Waals surface area contributed by atoms with Crippen molar-refractivity contribution in [3.63, 3.8) is 0 Å². The zero-order chi connectivity index (χ0) is 18.1. The van der Waals surface area contributed by atoms with Gasteiger partial charge in [-0.2, -0.15) is 0 Å². The minimum Gasteiger partial charge on any atom is -0.454 e. The van der Waals surface area contributed by atoms with E-state index in [0.717, 1.165) is 17.1 Å². The van der Waals surface area contributed by atoms with Crippen LogP contribution in [-0.4, -0.2) is 63.7 Å². The van der Waals surface area contributed by atoms with Gasteiger partial charge in [-0.05, 0) is 17.7 Å². The minimum absolute atomic E-state index is 0.0897. The lowest BCUT2D eigenvalue weighted by atomic mass is 9.84. The van der Waals surface area contributed by atoms with Gasteiger partial charge >= 0.3 is 0 Å². The molecule has 1 aromatic carbocycles.